The van der Waals surface area contributed by atoms with Gasteiger partial charge in [-0.2, -0.15) is 0 Å². The van der Waals surface area contributed by atoms with Crippen LogP contribution >= 0.6 is 23.4 Å². The Morgan fingerprint density at radius 1 is 1.23 bits per heavy atom. The molecule has 0 aliphatic carbocycles. The van der Waals surface area contributed by atoms with E-state index < -0.39 is 0 Å². The molecule has 0 saturated heterocycles. The van der Waals surface area contributed by atoms with E-state index in [1.165, 1.54) is 11.8 Å². The monoisotopic (exact) mass is 453 g/mol. The van der Waals surface area contributed by atoms with E-state index in [-0.39, 0.29) is 23.3 Å². The van der Waals surface area contributed by atoms with Crippen molar-refractivity contribution in [2.24, 2.45) is 0 Å². The molecule has 1 atom stereocenters. The molecule has 31 heavy (non-hydrogen) atoms. The fourth-order valence-electron chi connectivity index (χ4n) is 3.28. The molecule has 4 aromatic rings. The number of nitrogens with one attached hydrogen (secondary N) is 1. The van der Waals surface area contributed by atoms with Gasteiger partial charge in [0.15, 0.2) is 5.16 Å². The highest BCUT2D eigenvalue weighted by Crippen LogP contribution is 2.24. The van der Waals surface area contributed by atoms with E-state index in [9.17, 15) is 9.59 Å². The smallest absolute Gasteiger partial charge is 0.266 e. The van der Waals surface area contributed by atoms with E-state index in [2.05, 4.69) is 10.3 Å². The maximum atomic E-state index is 13.3. The summed E-state index contributed by atoms with van der Waals surface area (Å²) < 4.78 is 6.89. The number of hydrogen-bond acceptors (Lipinski definition) is 5. The molecular weight excluding hydrogens is 434 g/mol. The number of hydrogen-bond donors (Lipinski definition) is 1. The molecule has 6 nitrogen and oxygen atoms in total. The van der Waals surface area contributed by atoms with Gasteiger partial charge in [-0.3, -0.25) is 14.2 Å². The highest BCUT2D eigenvalue weighted by Gasteiger charge is 2.17. The van der Waals surface area contributed by atoms with Gasteiger partial charge in [-0.05, 0) is 55.8 Å². The first-order chi connectivity index (χ1) is 14.9. The number of carbonyl (C=O) groups excluding carboxylic acids is 1. The molecule has 158 valence electrons. The van der Waals surface area contributed by atoms with Crippen LogP contribution in [0.1, 0.15) is 24.3 Å². The van der Waals surface area contributed by atoms with Crippen molar-refractivity contribution in [2.45, 2.75) is 25.0 Å². The third-order valence-electron chi connectivity index (χ3n) is 4.84. The van der Waals surface area contributed by atoms with Crippen molar-refractivity contribution in [3.63, 3.8) is 0 Å². The number of carbonyl (C=O) groups is 1. The van der Waals surface area contributed by atoms with Crippen molar-refractivity contribution >= 4 is 40.2 Å². The van der Waals surface area contributed by atoms with Gasteiger partial charge in [-0.25, -0.2) is 4.98 Å². The second kappa shape index (κ2) is 8.99. The third-order valence-corrected chi connectivity index (χ3v) is 6.01. The maximum Gasteiger partial charge on any atom is 0.266 e. The topological polar surface area (TPSA) is 77.1 Å². The average Bonchev–Trinajstić information content (AvgIpc) is 3.28. The molecule has 8 heteroatoms. The number of thioether (sulfide) groups is 1. The number of aromatic nitrogens is 2. The Kier molecular flexibility index (Phi) is 6.15. The summed E-state index contributed by atoms with van der Waals surface area (Å²) in [5.41, 5.74) is 1.94. The number of benzene rings is 2. The first kappa shape index (κ1) is 21.2. The fraction of sp³-hybridized carbons (Fsp3) is 0.174. The van der Waals surface area contributed by atoms with Crippen LogP contribution in [0.4, 0.5) is 0 Å². The SMILES string of the molecule is Cc1ccccc1-n1c(SCC(=O)NC(C)c2ccco2)nc2cc(Cl)ccc2c1=O. The maximum absolute atomic E-state index is 13.3. The van der Waals surface area contributed by atoms with Gasteiger partial charge < -0.3 is 9.73 Å². The van der Waals surface area contributed by atoms with Crippen LogP contribution in [0, 0.1) is 6.92 Å². The highest BCUT2D eigenvalue weighted by molar-refractivity contribution is 7.99. The Morgan fingerprint density at radius 2 is 2.03 bits per heavy atom. The molecule has 0 aliphatic heterocycles. The lowest BCUT2D eigenvalue weighted by molar-refractivity contribution is -0.119. The van der Waals surface area contributed by atoms with Gasteiger partial charge in [-0.1, -0.05) is 41.6 Å². The van der Waals surface area contributed by atoms with E-state index in [1.54, 1.807) is 35.1 Å². The molecule has 0 fully saturated rings. The molecular formula is C23H20ClN3O3S. The van der Waals surface area contributed by atoms with Gasteiger partial charge in [0.25, 0.3) is 5.56 Å². The fourth-order valence-corrected chi connectivity index (χ4v) is 4.27. The molecule has 2 aromatic carbocycles. The summed E-state index contributed by atoms with van der Waals surface area (Å²) in [5, 5.41) is 4.28. The largest absolute Gasteiger partial charge is 0.467 e. The van der Waals surface area contributed by atoms with Crippen molar-refractivity contribution in [2.75, 3.05) is 5.75 Å². The van der Waals surface area contributed by atoms with Gasteiger partial charge in [0.05, 0.1) is 34.6 Å². The number of amides is 1. The van der Waals surface area contributed by atoms with Gasteiger partial charge in [0.2, 0.25) is 5.91 Å². The Bertz CT molecular complexity index is 1300. The quantitative estimate of drug-likeness (QED) is 0.331. The lowest BCUT2D eigenvalue weighted by Crippen LogP contribution is -2.29. The average molecular weight is 454 g/mol. The first-order valence-electron chi connectivity index (χ1n) is 9.68. The molecule has 4 rings (SSSR count). The predicted molar refractivity (Wildman–Crippen MR) is 123 cm³/mol. The molecule has 0 spiro atoms. The van der Waals surface area contributed by atoms with E-state index >= 15 is 0 Å². The number of halogens is 1. The zero-order valence-corrected chi connectivity index (χ0v) is 18.5. The van der Waals surface area contributed by atoms with Crippen molar-refractivity contribution in [1.82, 2.24) is 14.9 Å². The second-order valence-corrected chi connectivity index (χ2v) is 8.46. The zero-order valence-electron chi connectivity index (χ0n) is 17.0. The molecule has 1 amide bonds. The molecule has 0 aliphatic rings. The van der Waals surface area contributed by atoms with Crippen molar-refractivity contribution < 1.29 is 9.21 Å². The van der Waals surface area contributed by atoms with Gasteiger partial charge in [-0.15, -0.1) is 0 Å². The number of furan rings is 1. The molecule has 2 aromatic heterocycles. The minimum absolute atomic E-state index is 0.0927. The summed E-state index contributed by atoms with van der Waals surface area (Å²) in [7, 11) is 0. The Morgan fingerprint density at radius 3 is 2.77 bits per heavy atom. The lowest BCUT2D eigenvalue weighted by atomic mass is 10.2. The highest BCUT2D eigenvalue weighted by atomic mass is 35.5. The van der Waals surface area contributed by atoms with Crippen LogP contribution in [-0.2, 0) is 4.79 Å². The van der Waals surface area contributed by atoms with Gasteiger partial charge in [0.1, 0.15) is 5.76 Å². The minimum atomic E-state index is -0.259. The van der Waals surface area contributed by atoms with Crippen LogP contribution in [0.15, 0.2) is 75.2 Å². The number of rotatable bonds is 6. The summed E-state index contributed by atoms with van der Waals surface area (Å²) in [6.45, 7) is 3.78. The normalized spacial score (nSPS) is 12.1. The van der Waals surface area contributed by atoms with E-state index in [0.29, 0.717) is 26.8 Å². The van der Waals surface area contributed by atoms with Crippen molar-refractivity contribution in [1.29, 1.82) is 0 Å². The molecule has 1 unspecified atom stereocenters. The Hall–Kier alpha value is -3.03. The first-order valence-corrected chi connectivity index (χ1v) is 11.0. The third kappa shape index (κ3) is 4.52. The molecule has 1 N–H and O–H groups in total. The van der Waals surface area contributed by atoms with Gasteiger partial charge >= 0.3 is 0 Å². The van der Waals surface area contributed by atoms with Crippen molar-refractivity contribution in [3.8, 4) is 5.69 Å². The molecule has 0 saturated carbocycles. The standard InChI is InChI=1S/C23H20ClN3O3S/c1-14-6-3-4-7-19(14)27-22(29)17-10-9-16(24)12-18(17)26-23(27)31-13-21(28)25-15(2)20-8-5-11-30-20/h3-12,15H,13H2,1-2H3,(H,25,28). The van der Waals surface area contributed by atoms with Crippen LogP contribution in [-0.4, -0.2) is 21.2 Å². The molecule has 2 heterocycles. The van der Waals surface area contributed by atoms with Crippen LogP contribution in [0.25, 0.3) is 16.6 Å². The predicted octanol–water partition coefficient (Wildman–Crippen LogP) is 4.91. The zero-order chi connectivity index (χ0) is 22.0. The lowest BCUT2D eigenvalue weighted by Gasteiger charge is -2.16. The van der Waals surface area contributed by atoms with Crippen LogP contribution < -0.4 is 10.9 Å². The summed E-state index contributed by atoms with van der Waals surface area (Å²) in [4.78, 5) is 30.5. The summed E-state index contributed by atoms with van der Waals surface area (Å²) >= 11 is 7.31. The second-order valence-electron chi connectivity index (χ2n) is 7.08. The van der Waals surface area contributed by atoms with E-state index in [1.807, 2.05) is 44.2 Å². The van der Waals surface area contributed by atoms with Crippen molar-refractivity contribution in [3.05, 3.63) is 87.6 Å². The minimum Gasteiger partial charge on any atom is -0.467 e. The summed E-state index contributed by atoms with van der Waals surface area (Å²) in [5.74, 6) is 0.578. The molecule has 0 bridgehead atoms. The number of fused-ring (bicyclic) bond motifs is 1. The summed E-state index contributed by atoms with van der Waals surface area (Å²) in [6, 6.07) is 15.9. The van der Waals surface area contributed by atoms with Crippen LogP contribution in [0.3, 0.4) is 0 Å². The number of nitrogens with zero attached hydrogens (tertiary/aromatic N) is 2. The van der Waals surface area contributed by atoms with E-state index in [0.717, 1.165) is 11.3 Å². The number of aryl methyl sites for hydroxylation is 1. The van der Waals surface area contributed by atoms with Crippen LogP contribution in [0.2, 0.25) is 5.02 Å². The van der Waals surface area contributed by atoms with Crippen LogP contribution in [0.5, 0.6) is 0 Å². The summed E-state index contributed by atoms with van der Waals surface area (Å²) in [6.07, 6.45) is 1.57. The number of para-hydroxylation sites is 1. The Labute approximate surface area is 188 Å². The Balaban J connectivity index is 1.68. The molecule has 0 radical (unpaired) electrons. The van der Waals surface area contributed by atoms with Gasteiger partial charge in [0, 0.05) is 5.02 Å². The van der Waals surface area contributed by atoms with E-state index in [4.69, 9.17) is 16.0 Å².